The molecule has 1 aromatic carbocycles. The van der Waals surface area contributed by atoms with E-state index in [2.05, 4.69) is 54.3 Å². The van der Waals surface area contributed by atoms with Crippen molar-refractivity contribution >= 4 is 17.4 Å². The van der Waals surface area contributed by atoms with Crippen LogP contribution in [-0.4, -0.2) is 22.9 Å². The van der Waals surface area contributed by atoms with E-state index < -0.39 is 0 Å². The molecule has 120 valence electrons. The molecule has 1 amide bonds. The number of unbranched alkanes of at least 4 members (excludes halogenated alkanes) is 3. The summed E-state index contributed by atoms with van der Waals surface area (Å²) in [5.41, 5.74) is 3.22. The smallest absolute Gasteiger partial charge is 0.207 e. The molecule has 1 heterocycles. The molecule has 0 aliphatic rings. The van der Waals surface area contributed by atoms with Crippen LogP contribution in [-0.2, 0) is 16.6 Å². The third-order valence-electron chi connectivity index (χ3n) is 4.21. The van der Waals surface area contributed by atoms with Crippen molar-refractivity contribution in [3.63, 3.8) is 0 Å². The van der Waals surface area contributed by atoms with Crippen LogP contribution in [0.2, 0.25) is 0 Å². The summed E-state index contributed by atoms with van der Waals surface area (Å²) in [4.78, 5) is 18.6. The maximum atomic E-state index is 10.5. The van der Waals surface area contributed by atoms with Crippen LogP contribution in [0.15, 0.2) is 18.2 Å². The number of aryl methyl sites for hydroxylation is 1. The van der Waals surface area contributed by atoms with Gasteiger partial charge in [-0.2, -0.15) is 0 Å². The Morgan fingerprint density at radius 3 is 2.82 bits per heavy atom. The van der Waals surface area contributed by atoms with E-state index in [4.69, 9.17) is 0 Å². The van der Waals surface area contributed by atoms with Crippen LogP contribution in [0.3, 0.4) is 0 Å². The summed E-state index contributed by atoms with van der Waals surface area (Å²) in [6.45, 7) is 7.11. The third kappa shape index (κ3) is 4.09. The SMILES string of the molecule is CCCCCCc1nc2ccc(C(C)(C)CNC=O)cc2[nH]1. The van der Waals surface area contributed by atoms with Gasteiger partial charge in [0.1, 0.15) is 5.82 Å². The number of aromatic nitrogens is 2. The van der Waals surface area contributed by atoms with Gasteiger partial charge in [0, 0.05) is 18.4 Å². The lowest BCUT2D eigenvalue weighted by atomic mass is 9.84. The van der Waals surface area contributed by atoms with Crippen molar-refractivity contribution < 1.29 is 4.79 Å². The van der Waals surface area contributed by atoms with E-state index in [1.807, 2.05) is 0 Å². The summed E-state index contributed by atoms with van der Waals surface area (Å²) >= 11 is 0. The Labute approximate surface area is 132 Å². The van der Waals surface area contributed by atoms with Crippen molar-refractivity contribution in [3.05, 3.63) is 29.6 Å². The maximum Gasteiger partial charge on any atom is 0.207 e. The molecule has 0 saturated carbocycles. The van der Waals surface area contributed by atoms with E-state index in [9.17, 15) is 4.79 Å². The van der Waals surface area contributed by atoms with Gasteiger partial charge >= 0.3 is 0 Å². The lowest BCUT2D eigenvalue weighted by Gasteiger charge is -2.24. The van der Waals surface area contributed by atoms with Gasteiger partial charge < -0.3 is 10.3 Å². The standard InChI is InChI=1S/C18H27N3O/c1-4-5-6-7-8-17-20-15-10-9-14(11-16(15)21-17)18(2,3)12-19-13-22/h9-11,13H,4-8,12H2,1-3H3,(H,19,22)(H,20,21). The van der Waals surface area contributed by atoms with Gasteiger partial charge in [-0.3, -0.25) is 4.79 Å². The molecule has 4 nitrogen and oxygen atoms in total. The fourth-order valence-electron chi connectivity index (χ4n) is 2.72. The summed E-state index contributed by atoms with van der Waals surface area (Å²) < 4.78 is 0. The molecule has 2 aromatic rings. The first-order valence-corrected chi connectivity index (χ1v) is 8.23. The van der Waals surface area contributed by atoms with Crippen molar-refractivity contribution in [2.75, 3.05) is 6.54 Å². The lowest BCUT2D eigenvalue weighted by molar-refractivity contribution is -0.109. The number of carbonyl (C=O) groups excluding carboxylic acids is 1. The molecule has 2 rings (SSSR count). The van der Waals surface area contributed by atoms with E-state index in [-0.39, 0.29) is 5.41 Å². The van der Waals surface area contributed by atoms with Gasteiger partial charge in [-0.1, -0.05) is 46.1 Å². The molecule has 0 spiro atoms. The van der Waals surface area contributed by atoms with Crippen LogP contribution in [0.25, 0.3) is 11.0 Å². The Kier molecular flexibility index (Phi) is 5.58. The first-order valence-electron chi connectivity index (χ1n) is 8.23. The number of fused-ring (bicyclic) bond motifs is 1. The zero-order valence-electron chi connectivity index (χ0n) is 13.9. The molecule has 0 atom stereocenters. The second-order valence-corrected chi connectivity index (χ2v) is 6.61. The minimum absolute atomic E-state index is 0.0957. The summed E-state index contributed by atoms with van der Waals surface area (Å²) in [6.07, 6.45) is 6.78. The zero-order valence-corrected chi connectivity index (χ0v) is 13.9. The maximum absolute atomic E-state index is 10.5. The number of hydrogen-bond donors (Lipinski definition) is 2. The predicted molar refractivity (Wildman–Crippen MR) is 91.0 cm³/mol. The van der Waals surface area contributed by atoms with E-state index in [0.717, 1.165) is 29.7 Å². The number of amides is 1. The van der Waals surface area contributed by atoms with E-state index in [1.54, 1.807) is 0 Å². The third-order valence-corrected chi connectivity index (χ3v) is 4.21. The monoisotopic (exact) mass is 301 g/mol. The molecule has 0 aliphatic carbocycles. The molecule has 2 N–H and O–H groups in total. The Hall–Kier alpha value is -1.84. The number of imidazole rings is 1. The van der Waals surface area contributed by atoms with Crippen LogP contribution >= 0.6 is 0 Å². The van der Waals surface area contributed by atoms with Gasteiger partial charge in [-0.25, -0.2) is 4.98 Å². The van der Waals surface area contributed by atoms with Crippen LogP contribution in [0.5, 0.6) is 0 Å². The molecule has 1 aromatic heterocycles. The molecule has 0 fully saturated rings. The van der Waals surface area contributed by atoms with Crippen molar-refractivity contribution in [1.82, 2.24) is 15.3 Å². The Balaban J connectivity index is 2.11. The Bertz CT molecular complexity index is 616. The number of aromatic amines is 1. The van der Waals surface area contributed by atoms with Crippen LogP contribution in [0.4, 0.5) is 0 Å². The summed E-state index contributed by atoms with van der Waals surface area (Å²) in [7, 11) is 0. The average Bonchev–Trinajstić information content (AvgIpc) is 2.91. The molecule has 22 heavy (non-hydrogen) atoms. The first-order chi connectivity index (χ1) is 10.6. The van der Waals surface area contributed by atoms with Gasteiger partial charge in [0.25, 0.3) is 0 Å². The molecular formula is C18H27N3O. The topological polar surface area (TPSA) is 57.8 Å². The highest BCUT2D eigenvalue weighted by atomic mass is 16.1. The molecule has 0 bridgehead atoms. The number of nitrogens with one attached hydrogen (secondary N) is 2. The zero-order chi connectivity index (χ0) is 16.0. The Morgan fingerprint density at radius 2 is 2.09 bits per heavy atom. The first kappa shape index (κ1) is 16.5. The van der Waals surface area contributed by atoms with E-state index in [1.165, 1.54) is 31.2 Å². The van der Waals surface area contributed by atoms with Crippen LogP contribution < -0.4 is 5.32 Å². The predicted octanol–water partition coefficient (Wildman–Crippen LogP) is 3.71. The van der Waals surface area contributed by atoms with Gasteiger partial charge in [-0.15, -0.1) is 0 Å². The highest BCUT2D eigenvalue weighted by molar-refractivity contribution is 5.76. The van der Waals surface area contributed by atoms with E-state index >= 15 is 0 Å². The minimum atomic E-state index is -0.0957. The molecular weight excluding hydrogens is 274 g/mol. The van der Waals surface area contributed by atoms with Gasteiger partial charge in [-0.05, 0) is 24.1 Å². The average molecular weight is 301 g/mol. The van der Waals surface area contributed by atoms with Crippen molar-refractivity contribution in [2.24, 2.45) is 0 Å². The largest absolute Gasteiger partial charge is 0.358 e. The normalized spacial score (nSPS) is 11.8. The molecule has 0 unspecified atom stereocenters. The molecule has 0 saturated heterocycles. The highest BCUT2D eigenvalue weighted by Gasteiger charge is 2.20. The summed E-state index contributed by atoms with van der Waals surface area (Å²) in [5.74, 6) is 1.08. The van der Waals surface area contributed by atoms with Crippen LogP contribution in [0, 0.1) is 0 Å². The number of benzene rings is 1. The summed E-state index contributed by atoms with van der Waals surface area (Å²) in [6, 6.07) is 6.33. The van der Waals surface area contributed by atoms with Crippen molar-refractivity contribution in [3.8, 4) is 0 Å². The minimum Gasteiger partial charge on any atom is -0.358 e. The van der Waals surface area contributed by atoms with Gasteiger partial charge in [0.15, 0.2) is 0 Å². The molecule has 4 heteroatoms. The number of hydrogen-bond acceptors (Lipinski definition) is 2. The van der Waals surface area contributed by atoms with Crippen molar-refractivity contribution in [2.45, 2.75) is 58.3 Å². The number of rotatable bonds is 9. The second kappa shape index (κ2) is 7.43. The van der Waals surface area contributed by atoms with Gasteiger partial charge in [0.2, 0.25) is 6.41 Å². The fraction of sp³-hybridized carbons (Fsp3) is 0.556. The highest BCUT2D eigenvalue weighted by Crippen LogP contribution is 2.25. The number of carbonyl (C=O) groups is 1. The van der Waals surface area contributed by atoms with Crippen molar-refractivity contribution in [1.29, 1.82) is 0 Å². The van der Waals surface area contributed by atoms with Crippen LogP contribution in [0.1, 0.15) is 57.8 Å². The fourth-order valence-corrected chi connectivity index (χ4v) is 2.72. The van der Waals surface area contributed by atoms with Gasteiger partial charge in [0.05, 0.1) is 11.0 Å². The quantitative estimate of drug-likeness (QED) is 0.548. The summed E-state index contributed by atoms with van der Waals surface area (Å²) in [5, 5.41) is 2.77. The molecule has 0 aliphatic heterocycles. The Morgan fingerprint density at radius 1 is 1.27 bits per heavy atom. The second-order valence-electron chi connectivity index (χ2n) is 6.61. The number of H-pyrrole nitrogens is 1. The lowest BCUT2D eigenvalue weighted by Crippen LogP contribution is -2.32. The molecule has 0 radical (unpaired) electrons. The van der Waals surface area contributed by atoms with E-state index in [0.29, 0.717) is 6.54 Å². The number of nitrogens with zero attached hydrogens (tertiary/aromatic N) is 1.